The Balaban J connectivity index is 1.54. The minimum absolute atomic E-state index is 0.141. The van der Waals surface area contributed by atoms with Gasteiger partial charge >= 0.3 is 0 Å². The SMILES string of the molecule is CN1CCN(S(C)(=O)=O)CC1c1nnc2ccc(C(=O)NCC3CCOCC3)cn12. The Hall–Kier alpha value is -2.08. The molecule has 4 heterocycles. The maximum Gasteiger partial charge on any atom is 0.252 e. The van der Waals surface area contributed by atoms with Gasteiger partial charge in [-0.1, -0.05) is 0 Å². The number of amides is 1. The molecule has 11 heteroatoms. The van der Waals surface area contributed by atoms with Gasteiger partial charge in [-0.15, -0.1) is 10.2 Å². The van der Waals surface area contributed by atoms with Crippen LogP contribution >= 0.6 is 0 Å². The topological polar surface area (TPSA) is 109 Å². The standard InChI is InChI=1S/C19H28N6O4S/c1-23-7-8-24(30(2,27)28)13-16(23)18-22-21-17-4-3-15(12-25(17)18)19(26)20-11-14-5-9-29-10-6-14/h3-4,12,14,16H,5-11,13H2,1-2H3,(H,20,26). The van der Waals surface area contributed by atoms with E-state index in [9.17, 15) is 13.2 Å². The number of piperazine rings is 1. The van der Waals surface area contributed by atoms with Crippen molar-refractivity contribution in [1.82, 2.24) is 29.1 Å². The van der Waals surface area contributed by atoms with Crippen LogP contribution in [0.4, 0.5) is 0 Å². The number of hydrogen-bond acceptors (Lipinski definition) is 7. The summed E-state index contributed by atoms with van der Waals surface area (Å²) in [6.45, 7) is 3.46. The maximum atomic E-state index is 12.7. The van der Waals surface area contributed by atoms with Crippen LogP contribution in [0.25, 0.3) is 5.65 Å². The molecule has 0 spiro atoms. The molecule has 2 saturated heterocycles. The summed E-state index contributed by atoms with van der Waals surface area (Å²) in [6.07, 6.45) is 4.87. The van der Waals surface area contributed by atoms with Crippen molar-refractivity contribution in [3.63, 3.8) is 0 Å². The minimum atomic E-state index is -3.29. The first kappa shape index (κ1) is 21.2. The van der Waals surface area contributed by atoms with E-state index < -0.39 is 10.0 Å². The monoisotopic (exact) mass is 436 g/mol. The summed E-state index contributed by atoms with van der Waals surface area (Å²) in [5, 5.41) is 11.5. The van der Waals surface area contributed by atoms with E-state index in [2.05, 4.69) is 20.4 Å². The van der Waals surface area contributed by atoms with E-state index in [0.717, 1.165) is 26.1 Å². The van der Waals surface area contributed by atoms with E-state index in [-0.39, 0.29) is 11.9 Å². The molecular weight excluding hydrogens is 408 g/mol. The van der Waals surface area contributed by atoms with Crippen molar-refractivity contribution in [2.75, 3.05) is 52.7 Å². The van der Waals surface area contributed by atoms with E-state index in [0.29, 0.717) is 49.1 Å². The highest BCUT2D eigenvalue weighted by Crippen LogP contribution is 2.25. The van der Waals surface area contributed by atoms with Gasteiger partial charge in [-0.25, -0.2) is 8.42 Å². The summed E-state index contributed by atoms with van der Waals surface area (Å²) in [5.41, 5.74) is 1.14. The van der Waals surface area contributed by atoms with Crippen molar-refractivity contribution in [3.05, 3.63) is 29.7 Å². The second-order valence-corrected chi connectivity index (χ2v) is 10.1. The fraction of sp³-hybridized carbons (Fsp3) is 0.632. The number of rotatable bonds is 5. The van der Waals surface area contributed by atoms with Crippen LogP contribution in [0.15, 0.2) is 18.3 Å². The number of nitrogens with one attached hydrogen (secondary N) is 1. The Labute approximate surface area is 176 Å². The predicted octanol–water partition coefficient (Wildman–Crippen LogP) is 0.134. The van der Waals surface area contributed by atoms with Crippen LogP contribution in [0.1, 0.15) is 35.1 Å². The molecule has 4 rings (SSSR count). The molecule has 1 atom stereocenters. The summed E-state index contributed by atoms with van der Waals surface area (Å²) >= 11 is 0. The molecule has 1 unspecified atom stereocenters. The third-order valence-corrected chi connectivity index (χ3v) is 7.23. The van der Waals surface area contributed by atoms with Crippen LogP contribution in [0.5, 0.6) is 0 Å². The number of sulfonamides is 1. The highest BCUT2D eigenvalue weighted by Gasteiger charge is 2.33. The van der Waals surface area contributed by atoms with E-state index >= 15 is 0 Å². The number of ether oxygens (including phenoxy) is 1. The molecule has 0 radical (unpaired) electrons. The quantitative estimate of drug-likeness (QED) is 0.710. The summed E-state index contributed by atoms with van der Waals surface area (Å²) < 4.78 is 32.7. The van der Waals surface area contributed by atoms with Crippen LogP contribution < -0.4 is 5.32 Å². The van der Waals surface area contributed by atoms with Crippen LogP contribution in [0, 0.1) is 5.92 Å². The van der Waals surface area contributed by atoms with Gasteiger partial charge in [-0.05, 0) is 37.9 Å². The zero-order valence-electron chi connectivity index (χ0n) is 17.3. The maximum absolute atomic E-state index is 12.7. The molecule has 0 bridgehead atoms. The summed E-state index contributed by atoms with van der Waals surface area (Å²) in [7, 11) is -1.35. The first-order valence-electron chi connectivity index (χ1n) is 10.2. The highest BCUT2D eigenvalue weighted by molar-refractivity contribution is 7.88. The lowest BCUT2D eigenvalue weighted by Crippen LogP contribution is -2.49. The molecule has 1 N–H and O–H groups in total. The van der Waals surface area contributed by atoms with Gasteiger partial charge in [0, 0.05) is 45.6 Å². The van der Waals surface area contributed by atoms with Crippen molar-refractivity contribution in [2.45, 2.75) is 18.9 Å². The summed E-state index contributed by atoms with van der Waals surface area (Å²) in [4.78, 5) is 14.8. The van der Waals surface area contributed by atoms with E-state index in [1.165, 1.54) is 10.6 Å². The van der Waals surface area contributed by atoms with E-state index in [1.54, 1.807) is 22.7 Å². The van der Waals surface area contributed by atoms with Gasteiger partial charge < -0.3 is 10.1 Å². The number of hydrogen-bond donors (Lipinski definition) is 1. The second kappa shape index (κ2) is 8.58. The van der Waals surface area contributed by atoms with Crippen LogP contribution in [-0.2, 0) is 14.8 Å². The predicted molar refractivity (Wildman–Crippen MR) is 111 cm³/mol. The number of fused-ring (bicyclic) bond motifs is 1. The van der Waals surface area contributed by atoms with Gasteiger partial charge in [0.25, 0.3) is 5.91 Å². The number of aromatic nitrogens is 3. The zero-order valence-corrected chi connectivity index (χ0v) is 18.1. The van der Waals surface area contributed by atoms with Crippen molar-refractivity contribution >= 4 is 21.6 Å². The summed E-state index contributed by atoms with van der Waals surface area (Å²) in [6, 6.07) is 3.25. The lowest BCUT2D eigenvalue weighted by molar-refractivity contribution is 0.0642. The highest BCUT2D eigenvalue weighted by atomic mass is 32.2. The number of carbonyl (C=O) groups excluding carboxylic acids is 1. The lowest BCUT2D eigenvalue weighted by Gasteiger charge is -2.37. The Kier molecular flexibility index (Phi) is 6.05. The average molecular weight is 437 g/mol. The number of likely N-dealkylation sites (N-methyl/N-ethyl adjacent to an activating group) is 1. The van der Waals surface area contributed by atoms with Crippen LogP contribution in [-0.4, -0.2) is 90.8 Å². The Morgan fingerprint density at radius 2 is 2.00 bits per heavy atom. The third kappa shape index (κ3) is 4.48. The van der Waals surface area contributed by atoms with Gasteiger partial charge in [0.2, 0.25) is 10.0 Å². The fourth-order valence-electron chi connectivity index (χ4n) is 3.99. The molecule has 30 heavy (non-hydrogen) atoms. The van der Waals surface area contributed by atoms with Gasteiger partial charge in [-0.2, -0.15) is 4.31 Å². The van der Waals surface area contributed by atoms with Gasteiger partial charge in [0.1, 0.15) is 0 Å². The van der Waals surface area contributed by atoms with Gasteiger partial charge in [-0.3, -0.25) is 14.1 Å². The smallest absolute Gasteiger partial charge is 0.252 e. The van der Waals surface area contributed by atoms with Crippen LogP contribution in [0.2, 0.25) is 0 Å². The molecule has 2 aliphatic heterocycles. The first-order chi connectivity index (χ1) is 14.3. The molecule has 0 aliphatic carbocycles. The zero-order chi connectivity index (χ0) is 21.3. The average Bonchev–Trinajstić information content (AvgIpc) is 3.15. The van der Waals surface area contributed by atoms with Crippen molar-refractivity contribution in [2.24, 2.45) is 5.92 Å². The Morgan fingerprint density at radius 1 is 1.23 bits per heavy atom. The van der Waals surface area contributed by atoms with Crippen molar-refractivity contribution in [1.29, 1.82) is 0 Å². The largest absolute Gasteiger partial charge is 0.381 e. The fourth-order valence-corrected chi connectivity index (χ4v) is 4.81. The molecular formula is C19H28N6O4S. The molecule has 2 aromatic rings. The molecule has 164 valence electrons. The molecule has 2 aliphatic rings. The third-order valence-electron chi connectivity index (χ3n) is 5.96. The van der Waals surface area contributed by atoms with E-state index in [1.807, 2.05) is 7.05 Å². The second-order valence-electron chi connectivity index (χ2n) is 8.09. The number of nitrogens with zero attached hydrogens (tertiary/aromatic N) is 5. The normalized spacial score (nSPS) is 22.4. The first-order valence-corrected chi connectivity index (χ1v) is 12.0. The molecule has 0 aromatic carbocycles. The van der Waals surface area contributed by atoms with Crippen molar-refractivity contribution < 1.29 is 17.9 Å². The Bertz CT molecular complexity index is 1020. The number of pyridine rings is 1. The van der Waals surface area contributed by atoms with Crippen molar-refractivity contribution in [3.8, 4) is 0 Å². The van der Waals surface area contributed by atoms with Gasteiger partial charge in [0.15, 0.2) is 11.5 Å². The lowest BCUT2D eigenvalue weighted by atomic mass is 10.0. The molecule has 1 amide bonds. The molecule has 2 aromatic heterocycles. The van der Waals surface area contributed by atoms with Crippen LogP contribution in [0.3, 0.4) is 0 Å². The minimum Gasteiger partial charge on any atom is -0.381 e. The Morgan fingerprint density at radius 3 is 2.73 bits per heavy atom. The van der Waals surface area contributed by atoms with Gasteiger partial charge in [0.05, 0.1) is 17.9 Å². The molecule has 0 saturated carbocycles. The molecule has 2 fully saturated rings. The molecule has 10 nitrogen and oxygen atoms in total. The summed E-state index contributed by atoms with van der Waals surface area (Å²) in [5.74, 6) is 0.924. The van der Waals surface area contributed by atoms with E-state index in [4.69, 9.17) is 4.74 Å². The number of carbonyl (C=O) groups is 1.